The molecule has 5 nitrogen and oxygen atoms in total. The van der Waals surface area contributed by atoms with Gasteiger partial charge < -0.3 is 4.74 Å². The third kappa shape index (κ3) is 5.59. The van der Waals surface area contributed by atoms with Gasteiger partial charge in [0.05, 0.1) is 11.3 Å². The van der Waals surface area contributed by atoms with Crippen molar-refractivity contribution in [3.63, 3.8) is 0 Å². The van der Waals surface area contributed by atoms with Gasteiger partial charge in [0.1, 0.15) is 10.6 Å². The Morgan fingerprint density at radius 2 is 1.57 bits per heavy atom. The molecular weight excluding hydrogens is 498 g/mol. The molecular formula is C23H16F6N2O3S. The molecule has 12 heteroatoms. The van der Waals surface area contributed by atoms with Gasteiger partial charge in [-0.1, -0.05) is 30.3 Å². The predicted molar refractivity (Wildman–Crippen MR) is 116 cm³/mol. The molecule has 1 aliphatic rings. The summed E-state index contributed by atoms with van der Waals surface area (Å²) >= 11 is 0. The molecule has 1 aliphatic heterocycles. The SMILES string of the molecule is O=S(=O)(Nc1ccc(C2=NCCc3cc(C(F)(F)F)ccc32)cc1)c1ccccc1OC(F)(F)F. The molecule has 0 aromatic heterocycles. The maximum Gasteiger partial charge on any atom is 0.573 e. The van der Waals surface area contributed by atoms with Crippen LogP contribution in [0.5, 0.6) is 5.75 Å². The zero-order valence-electron chi connectivity index (χ0n) is 17.6. The number of nitrogens with one attached hydrogen (secondary N) is 1. The van der Waals surface area contributed by atoms with Crippen LogP contribution < -0.4 is 9.46 Å². The molecule has 0 unspecified atom stereocenters. The summed E-state index contributed by atoms with van der Waals surface area (Å²) in [5, 5.41) is 0. The zero-order valence-corrected chi connectivity index (χ0v) is 18.4. The summed E-state index contributed by atoms with van der Waals surface area (Å²) in [5.41, 5.74) is 1.33. The van der Waals surface area contributed by atoms with Crippen molar-refractivity contribution in [3.05, 3.63) is 89.0 Å². The molecule has 0 saturated heterocycles. The summed E-state index contributed by atoms with van der Waals surface area (Å²) in [6, 6.07) is 13.5. The minimum absolute atomic E-state index is 0.0552. The lowest BCUT2D eigenvalue weighted by atomic mass is 9.92. The monoisotopic (exact) mass is 514 g/mol. The number of anilines is 1. The summed E-state index contributed by atoms with van der Waals surface area (Å²) in [5.74, 6) is -0.879. The highest BCUT2D eigenvalue weighted by Crippen LogP contribution is 2.33. The molecule has 3 aromatic carbocycles. The molecule has 0 saturated carbocycles. The molecule has 0 bridgehead atoms. The minimum Gasteiger partial charge on any atom is -0.404 e. The second-order valence-electron chi connectivity index (χ2n) is 7.53. The second-order valence-corrected chi connectivity index (χ2v) is 9.18. The summed E-state index contributed by atoms with van der Waals surface area (Å²) in [7, 11) is -4.43. The van der Waals surface area contributed by atoms with Crippen molar-refractivity contribution < 1.29 is 39.5 Å². The van der Waals surface area contributed by atoms with Crippen LogP contribution >= 0.6 is 0 Å². The maximum absolute atomic E-state index is 13.0. The van der Waals surface area contributed by atoms with Crippen LogP contribution in [0.15, 0.2) is 76.6 Å². The Hall–Kier alpha value is -3.54. The van der Waals surface area contributed by atoms with E-state index < -0.39 is 38.8 Å². The van der Waals surface area contributed by atoms with Gasteiger partial charge in [-0.15, -0.1) is 13.2 Å². The Bertz CT molecular complexity index is 1380. The van der Waals surface area contributed by atoms with E-state index in [2.05, 4.69) is 14.5 Å². The van der Waals surface area contributed by atoms with Crippen LogP contribution in [0.1, 0.15) is 22.3 Å². The van der Waals surface area contributed by atoms with Crippen molar-refractivity contribution in [3.8, 4) is 5.75 Å². The number of para-hydroxylation sites is 1. The number of sulfonamides is 1. The van der Waals surface area contributed by atoms with Gasteiger partial charge in [-0.05, 0) is 48.4 Å². The molecule has 0 atom stereocenters. The summed E-state index contributed by atoms with van der Waals surface area (Å²) in [6.45, 7) is 0.286. The van der Waals surface area contributed by atoms with Gasteiger partial charge in [-0.3, -0.25) is 9.71 Å². The van der Waals surface area contributed by atoms with Gasteiger partial charge >= 0.3 is 12.5 Å². The van der Waals surface area contributed by atoms with Crippen LogP contribution in [0, 0.1) is 0 Å². The predicted octanol–water partition coefficient (Wildman–Crippen LogP) is 5.80. The van der Waals surface area contributed by atoms with Gasteiger partial charge in [0.15, 0.2) is 0 Å². The van der Waals surface area contributed by atoms with Gasteiger partial charge in [0.25, 0.3) is 10.0 Å². The van der Waals surface area contributed by atoms with Gasteiger partial charge in [-0.2, -0.15) is 13.2 Å². The van der Waals surface area contributed by atoms with Crippen molar-refractivity contribution in [2.45, 2.75) is 23.9 Å². The van der Waals surface area contributed by atoms with E-state index in [9.17, 15) is 34.8 Å². The Balaban J connectivity index is 1.58. The second kappa shape index (κ2) is 8.91. The van der Waals surface area contributed by atoms with E-state index in [0.29, 0.717) is 28.8 Å². The van der Waals surface area contributed by atoms with Crippen LogP contribution in [0.25, 0.3) is 0 Å². The van der Waals surface area contributed by atoms with Crippen LogP contribution in [0.3, 0.4) is 0 Å². The Labute approximate surface area is 196 Å². The first kappa shape index (κ1) is 24.6. The quantitative estimate of drug-likeness (QED) is 0.438. The highest BCUT2D eigenvalue weighted by molar-refractivity contribution is 7.92. The maximum atomic E-state index is 13.0. The lowest BCUT2D eigenvalue weighted by Crippen LogP contribution is -2.21. The molecule has 0 amide bonds. The minimum atomic E-state index is -5.08. The van der Waals surface area contributed by atoms with Gasteiger partial charge in [0, 0.05) is 23.4 Å². The third-order valence-electron chi connectivity index (χ3n) is 5.11. The standard InChI is InChI=1S/C23H16F6N2O3S/c24-22(25,26)16-7-10-18-15(13-16)11-12-30-21(18)14-5-8-17(9-6-14)31-35(32,33)20-4-2-1-3-19(20)34-23(27,28)29/h1-10,13,31H,11-12H2. The number of hydrogen-bond acceptors (Lipinski definition) is 4. The van der Waals surface area contributed by atoms with E-state index in [-0.39, 0.29) is 12.2 Å². The topological polar surface area (TPSA) is 67.8 Å². The molecule has 0 radical (unpaired) electrons. The van der Waals surface area contributed by atoms with Gasteiger partial charge in [-0.25, -0.2) is 8.42 Å². The molecule has 0 fully saturated rings. The first-order chi connectivity index (χ1) is 16.3. The van der Waals surface area contributed by atoms with Crippen molar-refractivity contribution in [1.82, 2.24) is 0 Å². The zero-order chi connectivity index (χ0) is 25.4. The molecule has 0 spiro atoms. The van der Waals surface area contributed by atoms with Crippen LogP contribution in [-0.4, -0.2) is 27.0 Å². The number of hydrogen-bond donors (Lipinski definition) is 1. The lowest BCUT2D eigenvalue weighted by Gasteiger charge is -2.19. The largest absolute Gasteiger partial charge is 0.573 e. The van der Waals surface area contributed by atoms with E-state index in [1.165, 1.54) is 42.5 Å². The van der Waals surface area contributed by atoms with E-state index in [1.807, 2.05) is 0 Å². The molecule has 3 aromatic rings. The average Bonchev–Trinajstić information content (AvgIpc) is 2.77. The van der Waals surface area contributed by atoms with E-state index in [4.69, 9.17) is 0 Å². The molecule has 1 N–H and O–H groups in total. The fourth-order valence-corrected chi connectivity index (χ4v) is 4.80. The lowest BCUT2D eigenvalue weighted by molar-refractivity contribution is -0.275. The molecule has 4 rings (SSSR count). The third-order valence-corrected chi connectivity index (χ3v) is 6.53. The number of alkyl halides is 6. The summed E-state index contributed by atoms with van der Waals surface area (Å²) in [4.78, 5) is 3.70. The highest BCUT2D eigenvalue weighted by Gasteiger charge is 2.34. The Morgan fingerprint density at radius 1 is 0.886 bits per heavy atom. The summed E-state index contributed by atoms with van der Waals surface area (Å²) < 4.78 is 108. The Kier molecular flexibility index (Phi) is 6.26. The van der Waals surface area contributed by atoms with E-state index >= 15 is 0 Å². The number of ether oxygens (including phenoxy) is 1. The first-order valence-corrected chi connectivity index (χ1v) is 11.5. The molecule has 35 heavy (non-hydrogen) atoms. The number of rotatable bonds is 5. The number of nitrogens with zero attached hydrogens (tertiary/aromatic N) is 1. The van der Waals surface area contributed by atoms with Crippen molar-refractivity contribution in [1.29, 1.82) is 0 Å². The Morgan fingerprint density at radius 3 is 2.23 bits per heavy atom. The number of benzene rings is 3. The van der Waals surface area contributed by atoms with Crippen LogP contribution in [-0.2, 0) is 22.6 Å². The molecule has 184 valence electrons. The number of fused-ring (bicyclic) bond motifs is 1. The highest BCUT2D eigenvalue weighted by atomic mass is 32.2. The fourth-order valence-electron chi connectivity index (χ4n) is 3.62. The van der Waals surface area contributed by atoms with Crippen LogP contribution in [0.4, 0.5) is 32.0 Å². The van der Waals surface area contributed by atoms with Gasteiger partial charge in [0.2, 0.25) is 0 Å². The average molecular weight is 514 g/mol. The van der Waals surface area contributed by atoms with E-state index in [0.717, 1.165) is 24.3 Å². The molecule has 1 heterocycles. The van der Waals surface area contributed by atoms with Crippen molar-refractivity contribution in [2.24, 2.45) is 4.99 Å². The smallest absolute Gasteiger partial charge is 0.404 e. The normalized spacial score (nSPS) is 14.2. The first-order valence-electron chi connectivity index (χ1n) is 10.1. The van der Waals surface area contributed by atoms with Crippen molar-refractivity contribution in [2.75, 3.05) is 11.3 Å². The fraction of sp³-hybridized carbons (Fsp3) is 0.174. The van der Waals surface area contributed by atoms with E-state index in [1.54, 1.807) is 0 Å². The number of aliphatic imine (C=N–C) groups is 1. The summed E-state index contributed by atoms with van der Waals surface area (Å²) in [6.07, 6.45) is -9.20. The van der Waals surface area contributed by atoms with Crippen LogP contribution in [0.2, 0.25) is 0 Å². The van der Waals surface area contributed by atoms with Crippen molar-refractivity contribution >= 4 is 21.4 Å². The number of halogens is 6. The molecule has 0 aliphatic carbocycles.